The van der Waals surface area contributed by atoms with Crippen LogP contribution in [0, 0.1) is 11.3 Å². The number of pyridine rings is 1. The normalized spacial score (nSPS) is 9.83. The smallest absolute Gasteiger partial charge is 0.155 e. The molecule has 1 aromatic heterocycles. The van der Waals surface area contributed by atoms with Crippen LogP contribution in [0.25, 0.3) is 0 Å². The topological polar surface area (TPSA) is 74.7 Å². The Bertz CT molecular complexity index is 636. The van der Waals surface area contributed by atoms with Crippen LogP contribution in [0.4, 0.5) is 17.2 Å². The first kappa shape index (κ1) is 12.7. The third-order valence-electron chi connectivity index (χ3n) is 2.25. The molecule has 1 aromatic carbocycles. The molecule has 6 heteroatoms. The Morgan fingerprint density at radius 1 is 1.33 bits per heavy atom. The number of benzene rings is 1. The number of aromatic nitrogens is 1. The standard InChI is InChI=1S/C12H8BrClN4/c13-8-1-3-10(7(5-8)6-15)17-12-9(16)2-4-11(14)18-12/h1-5H,16H2,(H,17,18). The Balaban J connectivity index is 2.40. The SMILES string of the molecule is N#Cc1cc(Br)ccc1Nc1nc(Cl)ccc1N. The molecular formula is C12H8BrClN4. The van der Waals surface area contributed by atoms with Crippen molar-refractivity contribution in [1.82, 2.24) is 4.98 Å². The minimum Gasteiger partial charge on any atom is -0.396 e. The van der Waals surface area contributed by atoms with E-state index in [4.69, 9.17) is 22.6 Å². The third-order valence-corrected chi connectivity index (χ3v) is 2.95. The monoisotopic (exact) mass is 322 g/mol. The van der Waals surface area contributed by atoms with Crippen molar-refractivity contribution in [2.45, 2.75) is 0 Å². The lowest BCUT2D eigenvalue weighted by Crippen LogP contribution is -2.00. The molecular weight excluding hydrogens is 316 g/mol. The molecule has 0 aliphatic carbocycles. The Labute approximate surface area is 118 Å². The molecule has 4 nitrogen and oxygen atoms in total. The summed E-state index contributed by atoms with van der Waals surface area (Å²) >= 11 is 9.11. The fourth-order valence-electron chi connectivity index (χ4n) is 1.39. The number of rotatable bonds is 2. The van der Waals surface area contributed by atoms with E-state index in [9.17, 15) is 0 Å². The van der Waals surface area contributed by atoms with Crippen LogP contribution in [0.15, 0.2) is 34.8 Å². The second-order valence-electron chi connectivity index (χ2n) is 3.50. The minimum absolute atomic E-state index is 0.335. The summed E-state index contributed by atoms with van der Waals surface area (Å²) in [5, 5.41) is 12.4. The molecule has 0 aliphatic rings. The van der Waals surface area contributed by atoms with Crippen LogP contribution in [-0.4, -0.2) is 4.98 Å². The Morgan fingerprint density at radius 2 is 2.11 bits per heavy atom. The summed E-state index contributed by atoms with van der Waals surface area (Å²) in [6.45, 7) is 0. The van der Waals surface area contributed by atoms with Gasteiger partial charge in [0.25, 0.3) is 0 Å². The summed E-state index contributed by atoms with van der Waals surface area (Å²) in [6, 6.07) is 10.7. The molecule has 0 unspecified atom stereocenters. The summed E-state index contributed by atoms with van der Waals surface area (Å²) in [7, 11) is 0. The van der Waals surface area contributed by atoms with Crippen molar-refractivity contribution < 1.29 is 0 Å². The highest BCUT2D eigenvalue weighted by atomic mass is 79.9. The van der Waals surface area contributed by atoms with Gasteiger partial charge in [0.2, 0.25) is 0 Å². The van der Waals surface area contributed by atoms with E-state index in [1.807, 2.05) is 6.07 Å². The number of halogens is 2. The van der Waals surface area contributed by atoms with E-state index >= 15 is 0 Å². The maximum absolute atomic E-state index is 9.06. The number of hydrogen-bond acceptors (Lipinski definition) is 4. The van der Waals surface area contributed by atoms with Crippen molar-refractivity contribution in [1.29, 1.82) is 5.26 Å². The van der Waals surface area contributed by atoms with Gasteiger partial charge in [-0.1, -0.05) is 27.5 Å². The first-order valence-electron chi connectivity index (χ1n) is 4.99. The van der Waals surface area contributed by atoms with Crippen molar-refractivity contribution in [3.05, 3.63) is 45.5 Å². The maximum Gasteiger partial charge on any atom is 0.155 e. The first-order chi connectivity index (χ1) is 8.60. The average Bonchev–Trinajstić information content (AvgIpc) is 2.36. The molecule has 18 heavy (non-hydrogen) atoms. The van der Waals surface area contributed by atoms with Gasteiger partial charge in [0, 0.05) is 4.47 Å². The van der Waals surface area contributed by atoms with Gasteiger partial charge in [-0.2, -0.15) is 5.26 Å². The molecule has 2 aromatic rings. The predicted molar refractivity (Wildman–Crippen MR) is 75.8 cm³/mol. The zero-order chi connectivity index (χ0) is 13.1. The van der Waals surface area contributed by atoms with Gasteiger partial charge in [0.15, 0.2) is 5.82 Å². The van der Waals surface area contributed by atoms with Crippen LogP contribution in [0.2, 0.25) is 5.15 Å². The fraction of sp³-hybridized carbons (Fsp3) is 0. The number of nitriles is 1. The van der Waals surface area contributed by atoms with Crippen molar-refractivity contribution >= 4 is 44.7 Å². The van der Waals surface area contributed by atoms with Crippen molar-refractivity contribution in [3.8, 4) is 6.07 Å². The number of hydrogen-bond donors (Lipinski definition) is 2. The molecule has 0 saturated heterocycles. The molecule has 0 aliphatic heterocycles. The molecule has 3 N–H and O–H groups in total. The van der Waals surface area contributed by atoms with E-state index in [0.29, 0.717) is 27.9 Å². The van der Waals surface area contributed by atoms with Gasteiger partial charge in [-0.25, -0.2) is 4.98 Å². The van der Waals surface area contributed by atoms with E-state index in [1.165, 1.54) is 0 Å². The summed E-state index contributed by atoms with van der Waals surface area (Å²) in [5.74, 6) is 0.432. The lowest BCUT2D eigenvalue weighted by molar-refractivity contribution is 1.30. The molecule has 0 bridgehead atoms. The van der Waals surface area contributed by atoms with Crippen LogP contribution in [0.1, 0.15) is 5.56 Å². The number of nitrogens with zero attached hydrogens (tertiary/aromatic N) is 2. The van der Waals surface area contributed by atoms with Crippen LogP contribution in [0.3, 0.4) is 0 Å². The number of nitrogens with one attached hydrogen (secondary N) is 1. The number of nitrogen functional groups attached to an aromatic ring is 1. The zero-order valence-corrected chi connectivity index (χ0v) is 11.5. The Kier molecular flexibility index (Phi) is 3.70. The third kappa shape index (κ3) is 2.73. The van der Waals surface area contributed by atoms with E-state index in [1.54, 1.807) is 24.3 Å². The van der Waals surface area contributed by atoms with Crippen molar-refractivity contribution in [3.63, 3.8) is 0 Å². The zero-order valence-electron chi connectivity index (χ0n) is 9.11. The summed E-state index contributed by atoms with van der Waals surface area (Å²) in [4.78, 5) is 4.07. The summed E-state index contributed by atoms with van der Waals surface area (Å²) < 4.78 is 0.830. The lowest BCUT2D eigenvalue weighted by Gasteiger charge is -2.10. The minimum atomic E-state index is 0.335. The van der Waals surface area contributed by atoms with Crippen molar-refractivity contribution in [2.24, 2.45) is 0 Å². The van der Waals surface area contributed by atoms with E-state index < -0.39 is 0 Å². The Hall–Kier alpha value is -1.77. The second kappa shape index (κ2) is 5.25. The highest BCUT2D eigenvalue weighted by Crippen LogP contribution is 2.26. The molecule has 2 rings (SSSR count). The highest BCUT2D eigenvalue weighted by molar-refractivity contribution is 9.10. The van der Waals surface area contributed by atoms with Gasteiger partial charge >= 0.3 is 0 Å². The predicted octanol–water partition coefficient (Wildman–Crippen LogP) is 3.69. The Morgan fingerprint density at radius 3 is 2.83 bits per heavy atom. The van der Waals surface area contributed by atoms with E-state index in [0.717, 1.165) is 4.47 Å². The number of anilines is 3. The summed E-state index contributed by atoms with van der Waals surface area (Å²) in [5.41, 5.74) is 7.37. The van der Waals surface area contributed by atoms with Gasteiger partial charge in [-0.15, -0.1) is 0 Å². The van der Waals surface area contributed by atoms with Gasteiger partial charge in [0.05, 0.1) is 16.9 Å². The van der Waals surface area contributed by atoms with Gasteiger partial charge in [0.1, 0.15) is 11.2 Å². The molecule has 0 saturated carbocycles. The molecule has 1 heterocycles. The molecule has 0 amide bonds. The maximum atomic E-state index is 9.06. The van der Waals surface area contributed by atoms with Crippen LogP contribution in [0.5, 0.6) is 0 Å². The van der Waals surface area contributed by atoms with Gasteiger partial charge < -0.3 is 11.1 Å². The molecule has 0 fully saturated rings. The van der Waals surface area contributed by atoms with Crippen molar-refractivity contribution in [2.75, 3.05) is 11.1 Å². The largest absolute Gasteiger partial charge is 0.396 e. The van der Waals surface area contributed by atoms with E-state index in [-0.39, 0.29) is 0 Å². The van der Waals surface area contributed by atoms with Crippen LogP contribution < -0.4 is 11.1 Å². The summed E-state index contributed by atoms with van der Waals surface area (Å²) in [6.07, 6.45) is 0. The number of nitrogens with two attached hydrogens (primary N) is 1. The molecule has 0 radical (unpaired) electrons. The highest BCUT2D eigenvalue weighted by Gasteiger charge is 2.07. The first-order valence-corrected chi connectivity index (χ1v) is 6.16. The van der Waals surface area contributed by atoms with Gasteiger partial charge in [-0.05, 0) is 30.3 Å². The molecule has 0 spiro atoms. The molecule has 0 atom stereocenters. The van der Waals surface area contributed by atoms with Crippen LogP contribution in [-0.2, 0) is 0 Å². The lowest BCUT2D eigenvalue weighted by atomic mass is 10.2. The van der Waals surface area contributed by atoms with Gasteiger partial charge in [-0.3, -0.25) is 0 Å². The quantitative estimate of drug-likeness (QED) is 0.826. The van der Waals surface area contributed by atoms with E-state index in [2.05, 4.69) is 32.3 Å². The second-order valence-corrected chi connectivity index (χ2v) is 4.80. The molecule has 90 valence electrons. The van der Waals surface area contributed by atoms with Crippen LogP contribution >= 0.6 is 27.5 Å². The fourth-order valence-corrected chi connectivity index (χ4v) is 1.90. The average molecular weight is 324 g/mol.